The lowest BCUT2D eigenvalue weighted by Gasteiger charge is -2.19. The molecule has 1 fully saturated rings. The molecule has 1 amide bonds. The van der Waals surface area contributed by atoms with Crippen LogP contribution in [0.25, 0.3) is 0 Å². The van der Waals surface area contributed by atoms with E-state index in [0.29, 0.717) is 6.54 Å². The molecule has 0 heterocycles. The topological polar surface area (TPSA) is 57.6 Å². The molecule has 2 rings (SSSR count). The van der Waals surface area contributed by atoms with E-state index < -0.39 is 23.2 Å². The number of halogens is 1. The molecular formula is C15H18BrNO3. The summed E-state index contributed by atoms with van der Waals surface area (Å²) in [5, 5.41) is 9.15. The zero-order chi connectivity index (χ0) is 15.1. The first-order valence-electron chi connectivity index (χ1n) is 6.48. The van der Waals surface area contributed by atoms with Crippen molar-refractivity contribution in [1.29, 1.82) is 0 Å². The normalized spacial score (nSPS) is 23.2. The Labute approximate surface area is 126 Å². The molecule has 0 unspecified atom stereocenters. The number of carboxylic acids is 1. The van der Waals surface area contributed by atoms with Crippen molar-refractivity contribution in [2.24, 2.45) is 17.3 Å². The van der Waals surface area contributed by atoms with E-state index in [1.165, 1.54) is 0 Å². The zero-order valence-electron chi connectivity index (χ0n) is 11.8. The summed E-state index contributed by atoms with van der Waals surface area (Å²) in [7, 11) is 1.72. The van der Waals surface area contributed by atoms with Crippen LogP contribution in [0.4, 0.5) is 0 Å². The first-order valence-corrected chi connectivity index (χ1v) is 7.27. The van der Waals surface area contributed by atoms with Gasteiger partial charge in [-0.05, 0) is 17.0 Å². The van der Waals surface area contributed by atoms with Gasteiger partial charge in [0.1, 0.15) is 0 Å². The van der Waals surface area contributed by atoms with Crippen molar-refractivity contribution >= 4 is 27.8 Å². The molecule has 108 valence electrons. The number of carboxylic acid groups (broad SMARTS) is 1. The van der Waals surface area contributed by atoms with E-state index in [9.17, 15) is 9.59 Å². The van der Waals surface area contributed by atoms with Gasteiger partial charge in [-0.1, -0.05) is 48.0 Å². The predicted molar refractivity (Wildman–Crippen MR) is 79.0 cm³/mol. The number of amides is 1. The molecule has 0 aromatic heterocycles. The Morgan fingerprint density at radius 3 is 2.40 bits per heavy atom. The maximum atomic E-state index is 12.4. The van der Waals surface area contributed by atoms with Gasteiger partial charge in [-0.25, -0.2) is 0 Å². The van der Waals surface area contributed by atoms with Crippen LogP contribution < -0.4 is 0 Å². The fourth-order valence-corrected chi connectivity index (χ4v) is 3.17. The number of carbonyl (C=O) groups is 2. The van der Waals surface area contributed by atoms with Gasteiger partial charge in [0.05, 0.1) is 11.8 Å². The monoisotopic (exact) mass is 339 g/mol. The van der Waals surface area contributed by atoms with Gasteiger partial charge in [0.2, 0.25) is 5.91 Å². The van der Waals surface area contributed by atoms with Crippen LogP contribution in [0.2, 0.25) is 0 Å². The Kier molecular flexibility index (Phi) is 3.91. The summed E-state index contributed by atoms with van der Waals surface area (Å²) in [6.07, 6.45) is 0. The summed E-state index contributed by atoms with van der Waals surface area (Å²) in [6.45, 7) is 4.14. The fourth-order valence-electron chi connectivity index (χ4n) is 2.76. The number of hydrogen-bond donors (Lipinski definition) is 1. The molecule has 0 saturated heterocycles. The van der Waals surface area contributed by atoms with Crippen molar-refractivity contribution in [2.45, 2.75) is 20.4 Å². The number of rotatable bonds is 4. The summed E-state index contributed by atoms with van der Waals surface area (Å²) in [6, 6.07) is 7.70. The molecule has 1 saturated carbocycles. The van der Waals surface area contributed by atoms with Crippen LogP contribution in [-0.2, 0) is 16.1 Å². The standard InChI is InChI=1S/C15H18BrNO3/c1-15(2)11(12(15)14(19)20)13(18)17(3)8-9-6-4-5-7-10(9)16/h4-7,11-12H,8H2,1-3H3,(H,19,20)/t11-,12+/m1/s1. The van der Waals surface area contributed by atoms with Gasteiger partial charge in [0.25, 0.3) is 0 Å². The average Bonchev–Trinajstić information content (AvgIpc) is 2.94. The lowest BCUT2D eigenvalue weighted by atomic mass is 10.1. The number of aliphatic carboxylic acids is 1. The van der Waals surface area contributed by atoms with Crippen molar-refractivity contribution in [3.63, 3.8) is 0 Å². The van der Waals surface area contributed by atoms with E-state index in [0.717, 1.165) is 10.0 Å². The molecular weight excluding hydrogens is 322 g/mol. The number of carbonyl (C=O) groups excluding carboxylic acids is 1. The van der Waals surface area contributed by atoms with Crippen LogP contribution in [0.3, 0.4) is 0 Å². The number of nitrogens with zero attached hydrogens (tertiary/aromatic N) is 1. The Morgan fingerprint density at radius 2 is 1.90 bits per heavy atom. The fraction of sp³-hybridized carbons (Fsp3) is 0.467. The van der Waals surface area contributed by atoms with Gasteiger partial charge >= 0.3 is 5.97 Å². The van der Waals surface area contributed by atoms with Crippen LogP contribution in [0.5, 0.6) is 0 Å². The highest BCUT2D eigenvalue weighted by molar-refractivity contribution is 9.10. The lowest BCUT2D eigenvalue weighted by molar-refractivity contribution is -0.141. The van der Waals surface area contributed by atoms with Gasteiger partial charge in [0, 0.05) is 18.1 Å². The van der Waals surface area contributed by atoms with Gasteiger partial charge in [0.15, 0.2) is 0 Å². The Morgan fingerprint density at radius 1 is 1.30 bits per heavy atom. The van der Waals surface area contributed by atoms with Crippen LogP contribution in [-0.4, -0.2) is 28.9 Å². The first kappa shape index (κ1) is 15.0. The highest BCUT2D eigenvalue weighted by Gasteiger charge is 2.66. The molecule has 4 nitrogen and oxygen atoms in total. The molecule has 0 radical (unpaired) electrons. The third kappa shape index (κ3) is 2.59. The minimum Gasteiger partial charge on any atom is -0.481 e. The minimum atomic E-state index is -0.886. The highest BCUT2D eigenvalue weighted by atomic mass is 79.9. The SMILES string of the molecule is CN(Cc1ccccc1Br)C(=O)[C@H]1[C@@H](C(=O)O)C1(C)C. The number of benzene rings is 1. The molecule has 0 bridgehead atoms. The Bertz CT molecular complexity index is 556. The predicted octanol–water partition coefficient (Wildman–Crippen LogP) is 2.76. The summed E-state index contributed by atoms with van der Waals surface area (Å²) < 4.78 is 0.949. The molecule has 0 spiro atoms. The van der Waals surface area contributed by atoms with Crippen molar-refractivity contribution in [3.05, 3.63) is 34.3 Å². The van der Waals surface area contributed by atoms with Gasteiger partial charge in [-0.15, -0.1) is 0 Å². The summed E-state index contributed by atoms with van der Waals surface area (Å²) >= 11 is 3.45. The van der Waals surface area contributed by atoms with Crippen LogP contribution >= 0.6 is 15.9 Å². The van der Waals surface area contributed by atoms with E-state index >= 15 is 0 Å². The van der Waals surface area contributed by atoms with E-state index in [-0.39, 0.29) is 5.91 Å². The van der Waals surface area contributed by atoms with Crippen molar-refractivity contribution in [2.75, 3.05) is 7.05 Å². The Balaban J connectivity index is 2.08. The molecule has 1 aliphatic rings. The van der Waals surface area contributed by atoms with Crippen molar-refractivity contribution < 1.29 is 14.7 Å². The quantitative estimate of drug-likeness (QED) is 0.917. The Hall–Kier alpha value is -1.36. The van der Waals surface area contributed by atoms with Gasteiger partial charge in [-0.3, -0.25) is 9.59 Å². The summed E-state index contributed by atoms with van der Waals surface area (Å²) in [4.78, 5) is 25.2. The molecule has 1 aliphatic carbocycles. The summed E-state index contributed by atoms with van der Waals surface area (Å²) in [5.41, 5.74) is 0.555. The van der Waals surface area contributed by atoms with Gasteiger partial charge < -0.3 is 10.0 Å². The van der Waals surface area contributed by atoms with E-state index in [4.69, 9.17) is 5.11 Å². The van der Waals surface area contributed by atoms with Crippen LogP contribution in [0, 0.1) is 17.3 Å². The minimum absolute atomic E-state index is 0.0989. The average molecular weight is 340 g/mol. The highest BCUT2D eigenvalue weighted by Crippen LogP contribution is 2.59. The van der Waals surface area contributed by atoms with Gasteiger partial charge in [-0.2, -0.15) is 0 Å². The largest absolute Gasteiger partial charge is 0.481 e. The smallest absolute Gasteiger partial charge is 0.307 e. The second-order valence-electron chi connectivity index (χ2n) is 5.90. The maximum Gasteiger partial charge on any atom is 0.307 e. The molecule has 2 atom stereocenters. The second kappa shape index (κ2) is 5.20. The van der Waals surface area contributed by atoms with E-state index in [1.54, 1.807) is 11.9 Å². The third-order valence-corrected chi connectivity index (χ3v) is 4.87. The molecule has 1 aromatic rings. The first-order chi connectivity index (χ1) is 9.26. The third-order valence-electron chi connectivity index (χ3n) is 4.10. The maximum absolute atomic E-state index is 12.4. The van der Waals surface area contributed by atoms with E-state index in [1.807, 2.05) is 38.1 Å². The molecule has 0 aliphatic heterocycles. The van der Waals surface area contributed by atoms with Crippen LogP contribution in [0.1, 0.15) is 19.4 Å². The molecule has 1 aromatic carbocycles. The number of hydrogen-bond acceptors (Lipinski definition) is 2. The zero-order valence-corrected chi connectivity index (χ0v) is 13.3. The van der Waals surface area contributed by atoms with Crippen molar-refractivity contribution in [1.82, 2.24) is 4.90 Å². The molecule has 5 heteroatoms. The lowest BCUT2D eigenvalue weighted by Crippen LogP contribution is -2.29. The van der Waals surface area contributed by atoms with Crippen molar-refractivity contribution in [3.8, 4) is 0 Å². The van der Waals surface area contributed by atoms with Crippen LogP contribution in [0.15, 0.2) is 28.7 Å². The molecule has 20 heavy (non-hydrogen) atoms. The molecule has 1 N–H and O–H groups in total. The van der Waals surface area contributed by atoms with E-state index in [2.05, 4.69) is 15.9 Å². The summed E-state index contributed by atoms with van der Waals surface area (Å²) in [5.74, 6) is -1.98. The second-order valence-corrected chi connectivity index (χ2v) is 6.75.